The third-order valence-corrected chi connectivity index (χ3v) is 3.12. The summed E-state index contributed by atoms with van der Waals surface area (Å²) in [4.78, 5) is 11.7. The molecule has 1 unspecified atom stereocenters. The van der Waals surface area contributed by atoms with Gasteiger partial charge in [-0.15, -0.1) is 0 Å². The topological polar surface area (TPSA) is 55.1 Å². The Morgan fingerprint density at radius 3 is 2.50 bits per heavy atom. The van der Waals surface area contributed by atoms with Crippen LogP contribution in [0.25, 0.3) is 0 Å². The zero-order valence-electron chi connectivity index (χ0n) is 10.9. The molecule has 16 heavy (non-hydrogen) atoms. The molecule has 0 aromatic heterocycles. The molecule has 1 amide bonds. The van der Waals surface area contributed by atoms with E-state index < -0.39 is 0 Å². The highest BCUT2D eigenvalue weighted by Gasteiger charge is 2.31. The van der Waals surface area contributed by atoms with Gasteiger partial charge in [-0.25, -0.2) is 0 Å². The number of nitrogens with one attached hydrogen (secondary N) is 1. The van der Waals surface area contributed by atoms with Crippen molar-refractivity contribution in [2.24, 2.45) is 17.1 Å². The third-order valence-electron chi connectivity index (χ3n) is 3.12. The van der Waals surface area contributed by atoms with Gasteiger partial charge in [-0.1, -0.05) is 20.8 Å². The Morgan fingerprint density at radius 1 is 1.44 bits per heavy atom. The van der Waals surface area contributed by atoms with Gasteiger partial charge in [0, 0.05) is 19.0 Å². The lowest BCUT2D eigenvalue weighted by molar-refractivity contribution is -0.122. The minimum atomic E-state index is 0.173. The first-order chi connectivity index (χ1) is 7.42. The minimum absolute atomic E-state index is 0.173. The van der Waals surface area contributed by atoms with Crippen LogP contribution in [0.5, 0.6) is 0 Å². The van der Waals surface area contributed by atoms with E-state index in [9.17, 15) is 4.79 Å². The third kappa shape index (κ3) is 5.50. The summed E-state index contributed by atoms with van der Waals surface area (Å²) in [6.07, 6.45) is 5.16. The largest absolute Gasteiger partial charge is 0.352 e. The predicted molar refractivity (Wildman–Crippen MR) is 67.0 cm³/mol. The number of rotatable bonds is 6. The van der Waals surface area contributed by atoms with Crippen molar-refractivity contribution in [2.45, 2.75) is 58.9 Å². The van der Waals surface area contributed by atoms with Crippen LogP contribution in [0, 0.1) is 11.3 Å². The minimum Gasteiger partial charge on any atom is -0.352 e. The van der Waals surface area contributed by atoms with Crippen molar-refractivity contribution >= 4 is 5.91 Å². The molecule has 0 aromatic rings. The maximum absolute atomic E-state index is 11.7. The van der Waals surface area contributed by atoms with Gasteiger partial charge in [-0.3, -0.25) is 4.79 Å². The fourth-order valence-corrected chi connectivity index (χ4v) is 1.93. The summed E-state index contributed by atoms with van der Waals surface area (Å²) in [5.74, 6) is 0.822. The summed E-state index contributed by atoms with van der Waals surface area (Å²) in [7, 11) is 0. The Kier molecular flexibility index (Phi) is 4.78. The van der Waals surface area contributed by atoms with E-state index >= 15 is 0 Å². The van der Waals surface area contributed by atoms with E-state index in [4.69, 9.17) is 5.73 Å². The first-order valence-corrected chi connectivity index (χ1v) is 6.42. The lowest BCUT2D eigenvalue weighted by Gasteiger charge is -2.19. The normalized spacial score (nSPS) is 18.2. The Hall–Kier alpha value is -0.570. The van der Waals surface area contributed by atoms with E-state index in [2.05, 4.69) is 26.1 Å². The summed E-state index contributed by atoms with van der Waals surface area (Å²) in [5.41, 5.74) is 5.97. The van der Waals surface area contributed by atoms with Gasteiger partial charge in [0.2, 0.25) is 5.91 Å². The summed E-state index contributed by atoms with van der Waals surface area (Å²) < 4.78 is 0. The summed E-state index contributed by atoms with van der Waals surface area (Å²) in [6, 6.07) is 0.224. The molecule has 3 heteroatoms. The second-order valence-electron chi connectivity index (χ2n) is 6.16. The smallest absolute Gasteiger partial charge is 0.220 e. The molecule has 0 heterocycles. The summed E-state index contributed by atoms with van der Waals surface area (Å²) in [6.45, 7) is 7.20. The highest BCUT2D eigenvalue weighted by atomic mass is 16.1. The monoisotopic (exact) mass is 226 g/mol. The van der Waals surface area contributed by atoms with Crippen molar-refractivity contribution < 1.29 is 4.79 Å². The van der Waals surface area contributed by atoms with Crippen molar-refractivity contribution in [1.29, 1.82) is 0 Å². The molecule has 0 saturated heterocycles. The van der Waals surface area contributed by atoms with Crippen LogP contribution < -0.4 is 11.1 Å². The van der Waals surface area contributed by atoms with Gasteiger partial charge in [0.1, 0.15) is 0 Å². The highest BCUT2D eigenvalue weighted by Crippen LogP contribution is 2.32. The van der Waals surface area contributed by atoms with E-state index in [1.807, 2.05) is 0 Å². The number of hydrogen-bond acceptors (Lipinski definition) is 2. The standard InChI is InChI=1S/C13H26N2O/c1-13(2,3)8-4-5-12(16)15-11(9-14)10-6-7-10/h10-11H,4-9,14H2,1-3H3,(H,15,16). The molecule has 1 fully saturated rings. The molecule has 0 radical (unpaired) electrons. The zero-order chi connectivity index (χ0) is 12.2. The van der Waals surface area contributed by atoms with Gasteiger partial charge >= 0.3 is 0 Å². The number of amides is 1. The van der Waals surface area contributed by atoms with Crippen LogP contribution in [0.15, 0.2) is 0 Å². The SMILES string of the molecule is CC(C)(C)CCCC(=O)NC(CN)C1CC1. The molecule has 1 aliphatic rings. The molecule has 0 aromatic carbocycles. The average molecular weight is 226 g/mol. The number of nitrogens with two attached hydrogens (primary N) is 1. The van der Waals surface area contributed by atoms with Crippen LogP contribution in [0.2, 0.25) is 0 Å². The molecule has 1 saturated carbocycles. The Labute approximate surface area is 99.2 Å². The molecule has 0 aliphatic heterocycles. The van der Waals surface area contributed by atoms with Crippen LogP contribution in [0.3, 0.4) is 0 Å². The second-order valence-corrected chi connectivity index (χ2v) is 6.16. The molecular weight excluding hydrogens is 200 g/mol. The van der Waals surface area contributed by atoms with E-state index in [1.165, 1.54) is 12.8 Å². The first kappa shape index (κ1) is 13.5. The molecule has 3 nitrogen and oxygen atoms in total. The van der Waals surface area contributed by atoms with Gasteiger partial charge in [0.25, 0.3) is 0 Å². The lowest BCUT2D eigenvalue weighted by atomic mass is 9.90. The summed E-state index contributed by atoms with van der Waals surface area (Å²) >= 11 is 0. The molecule has 1 rings (SSSR count). The van der Waals surface area contributed by atoms with Crippen molar-refractivity contribution in [2.75, 3.05) is 6.54 Å². The molecule has 1 aliphatic carbocycles. The highest BCUT2D eigenvalue weighted by molar-refractivity contribution is 5.76. The van der Waals surface area contributed by atoms with E-state index in [0.717, 1.165) is 12.8 Å². The van der Waals surface area contributed by atoms with Crippen LogP contribution in [-0.2, 0) is 4.79 Å². The van der Waals surface area contributed by atoms with Gasteiger partial charge < -0.3 is 11.1 Å². The number of carbonyl (C=O) groups excluding carboxylic acids is 1. The Morgan fingerprint density at radius 2 is 2.06 bits per heavy atom. The van der Waals surface area contributed by atoms with Gasteiger partial charge in [-0.2, -0.15) is 0 Å². The maximum atomic E-state index is 11.7. The Bertz CT molecular complexity index is 229. The van der Waals surface area contributed by atoms with Crippen LogP contribution in [-0.4, -0.2) is 18.5 Å². The van der Waals surface area contributed by atoms with Crippen LogP contribution in [0.1, 0.15) is 52.9 Å². The lowest BCUT2D eigenvalue weighted by Crippen LogP contribution is -2.41. The Balaban J connectivity index is 2.14. The van der Waals surface area contributed by atoms with Crippen molar-refractivity contribution in [3.8, 4) is 0 Å². The first-order valence-electron chi connectivity index (χ1n) is 6.42. The van der Waals surface area contributed by atoms with Crippen molar-refractivity contribution in [1.82, 2.24) is 5.32 Å². The van der Waals surface area contributed by atoms with Crippen LogP contribution in [0.4, 0.5) is 0 Å². The molecule has 94 valence electrons. The molecule has 1 atom stereocenters. The van der Waals surface area contributed by atoms with Crippen molar-refractivity contribution in [3.05, 3.63) is 0 Å². The molecule has 0 bridgehead atoms. The fourth-order valence-electron chi connectivity index (χ4n) is 1.93. The van der Waals surface area contributed by atoms with Crippen molar-refractivity contribution in [3.63, 3.8) is 0 Å². The predicted octanol–water partition coefficient (Wildman–Crippen LogP) is 2.06. The zero-order valence-corrected chi connectivity index (χ0v) is 10.9. The summed E-state index contributed by atoms with van der Waals surface area (Å²) in [5, 5.41) is 3.05. The number of carbonyl (C=O) groups is 1. The molecule has 0 spiro atoms. The van der Waals surface area contributed by atoms with E-state index in [-0.39, 0.29) is 11.9 Å². The molecule has 3 N–H and O–H groups in total. The maximum Gasteiger partial charge on any atom is 0.220 e. The average Bonchev–Trinajstić information content (AvgIpc) is 2.95. The van der Waals surface area contributed by atoms with Gasteiger partial charge in [0.05, 0.1) is 0 Å². The van der Waals surface area contributed by atoms with Gasteiger partial charge in [0.15, 0.2) is 0 Å². The molecular formula is C13H26N2O. The van der Waals surface area contributed by atoms with Crippen LogP contribution >= 0.6 is 0 Å². The van der Waals surface area contributed by atoms with Gasteiger partial charge in [-0.05, 0) is 37.0 Å². The second kappa shape index (κ2) is 5.67. The van der Waals surface area contributed by atoms with E-state index in [0.29, 0.717) is 24.3 Å². The number of hydrogen-bond donors (Lipinski definition) is 2. The fraction of sp³-hybridized carbons (Fsp3) is 0.923. The quantitative estimate of drug-likeness (QED) is 0.728. The van der Waals surface area contributed by atoms with E-state index in [1.54, 1.807) is 0 Å².